The van der Waals surface area contributed by atoms with Crippen LogP contribution in [0, 0.1) is 0 Å². The van der Waals surface area contributed by atoms with Crippen molar-refractivity contribution in [1.29, 1.82) is 0 Å². The van der Waals surface area contributed by atoms with E-state index in [1.807, 2.05) is 0 Å². The molecule has 0 amide bonds. The van der Waals surface area contributed by atoms with Crippen LogP contribution in [0.25, 0.3) is 0 Å². The molecular weight excluding hydrogens is 271 g/mol. The molecule has 0 radical (unpaired) electrons. The first-order valence-corrected chi connectivity index (χ1v) is 6.14. The van der Waals surface area contributed by atoms with Gasteiger partial charge >= 0.3 is 0 Å². The van der Waals surface area contributed by atoms with Crippen molar-refractivity contribution < 1.29 is 9.84 Å². The van der Waals surface area contributed by atoms with Crippen molar-refractivity contribution in [3.8, 4) is 5.75 Å². The SMILES string of the molecule is COc1cc(C(O)c2ccc(Cl)cc2)ccc1Cl. The van der Waals surface area contributed by atoms with Gasteiger partial charge in [0, 0.05) is 5.02 Å². The van der Waals surface area contributed by atoms with Crippen LogP contribution < -0.4 is 4.74 Å². The topological polar surface area (TPSA) is 29.5 Å². The number of halogens is 2. The number of aliphatic hydroxyl groups is 1. The molecule has 4 heteroatoms. The summed E-state index contributed by atoms with van der Waals surface area (Å²) in [5, 5.41) is 11.4. The average molecular weight is 283 g/mol. The van der Waals surface area contributed by atoms with Crippen LogP contribution in [0.3, 0.4) is 0 Å². The molecule has 2 rings (SSSR count). The summed E-state index contributed by atoms with van der Waals surface area (Å²) in [7, 11) is 1.54. The van der Waals surface area contributed by atoms with E-state index in [4.69, 9.17) is 27.9 Å². The van der Waals surface area contributed by atoms with Gasteiger partial charge < -0.3 is 9.84 Å². The third kappa shape index (κ3) is 2.78. The number of hydrogen-bond acceptors (Lipinski definition) is 2. The van der Waals surface area contributed by atoms with Crippen LogP contribution >= 0.6 is 23.2 Å². The first-order valence-electron chi connectivity index (χ1n) is 5.39. The Hall–Kier alpha value is -1.22. The van der Waals surface area contributed by atoms with Crippen molar-refractivity contribution in [2.45, 2.75) is 6.10 Å². The van der Waals surface area contributed by atoms with Gasteiger partial charge in [0.1, 0.15) is 11.9 Å². The first kappa shape index (κ1) is 13.2. The number of hydrogen-bond donors (Lipinski definition) is 1. The van der Waals surface area contributed by atoms with Crippen LogP contribution in [0.1, 0.15) is 17.2 Å². The van der Waals surface area contributed by atoms with Gasteiger partial charge in [-0.15, -0.1) is 0 Å². The summed E-state index contributed by atoms with van der Waals surface area (Å²) in [4.78, 5) is 0. The zero-order valence-corrected chi connectivity index (χ0v) is 11.2. The Labute approximate surface area is 116 Å². The van der Waals surface area contributed by atoms with E-state index < -0.39 is 6.10 Å². The molecule has 0 aromatic heterocycles. The minimum Gasteiger partial charge on any atom is -0.495 e. The average Bonchev–Trinajstić information content (AvgIpc) is 2.39. The molecule has 0 fully saturated rings. The summed E-state index contributed by atoms with van der Waals surface area (Å²) >= 11 is 11.8. The number of aliphatic hydroxyl groups excluding tert-OH is 1. The highest BCUT2D eigenvalue weighted by atomic mass is 35.5. The summed E-state index contributed by atoms with van der Waals surface area (Å²) < 4.78 is 5.13. The standard InChI is InChI=1S/C14H12Cl2O2/c1-18-13-8-10(4-7-12(13)16)14(17)9-2-5-11(15)6-3-9/h2-8,14,17H,1H3. The summed E-state index contributed by atoms with van der Waals surface area (Å²) in [5.74, 6) is 0.544. The van der Waals surface area contributed by atoms with Crippen molar-refractivity contribution in [1.82, 2.24) is 0 Å². The lowest BCUT2D eigenvalue weighted by Crippen LogP contribution is -2.00. The number of ether oxygens (including phenoxy) is 1. The molecule has 0 saturated heterocycles. The monoisotopic (exact) mass is 282 g/mol. The van der Waals surface area contributed by atoms with Gasteiger partial charge in [-0.25, -0.2) is 0 Å². The second-order valence-corrected chi connectivity index (χ2v) is 4.69. The Morgan fingerprint density at radius 1 is 1.00 bits per heavy atom. The molecule has 94 valence electrons. The molecular formula is C14H12Cl2O2. The summed E-state index contributed by atoms with van der Waals surface area (Å²) in [6.07, 6.45) is -0.728. The van der Waals surface area contributed by atoms with E-state index in [-0.39, 0.29) is 0 Å². The quantitative estimate of drug-likeness (QED) is 0.919. The number of methoxy groups -OCH3 is 1. The van der Waals surface area contributed by atoms with E-state index in [9.17, 15) is 5.11 Å². The molecule has 0 aliphatic heterocycles. The third-order valence-corrected chi connectivity index (χ3v) is 3.24. The maximum atomic E-state index is 10.3. The van der Waals surface area contributed by atoms with Crippen LogP contribution in [0.2, 0.25) is 10.0 Å². The fourth-order valence-electron chi connectivity index (χ4n) is 1.68. The molecule has 0 saturated carbocycles. The lowest BCUT2D eigenvalue weighted by molar-refractivity contribution is 0.220. The summed E-state index contributed by atoms with van der Waals surface area (Å²) in [6.45, 7) is 0. The Balaban J connectivity index is 2.33. The molecule has 0 aliphatic rings. The Kier molecular flexibility index (Phi) is 4.12. The maximum absolute atomic E-state index is 10.3. The maximum Gasteiger partial charge on any atom is 0.137 e. The second kappa shape index (κ2) is 5.61. The molecule has 18 heavy (non-hydrogen) atoms. The van der Waals surface area contributed by atoms with Gasteiger partial charge in [0.15, 0.2) is 0 Å². The van der Waals surface area contributed by atoms with Crippen molar-refractivity contribution >= 4 is 23.2 Å². The van der Waals surface area contributed by atoms with E-state index in [2.05, 4.69) is 0 Å². The Bertz CT molecular complexity index is 538. The van der Waals surface area contributed by atoms with Gasteiger partial charge in [-0.2, -0.15) is 0 Å². The molecule has 0 heterocycles. The zero-order chi connectivity index (χ0) is 13.1. The summed E-state index contributed by atoms with van der Waals surface area (Å²) in [5.41, 5.74) is 1.49. The largest absolute Gasteiger partial charge is 0.495 e. The molecule has 1 unspecified atom stereocenters. The normalized spacial score (nSPS) is 12.2. The lowest BCUT2D eigenvalue weighted by atomic mass is 10.0. The first-order chi connectivity index (χ1) is 8.61. The Morgan fingerprint density at radius 3 is 2.22 bits per heavy atom. The van der Waals surface area contributed by atoms with Crippen molar-refractivity contribution in [3.05, 3.63) is 63.6 Å². The second-order valence-electron chi connectivity index (χ2n) is 3.85. The van der Waals surface area contributed by atoms with E-state index >= 15 is 0 Å². The van der Waals surface area contributed by atoms with E-state index in [0.717, 1.165) is 11.1 Å². The van der Waals surface area contributed by atoms with Crippen molar-refractivity contribution in [3.63, 3.8) is 0 Å². The fraction of sp³-hybridized carbons (Fsp3) is 0.143. The highest BCUT2D eigenvalue weighted by Crippen LogP contribution is 2.30. The van der Waals surface area contributed by atoms with Gasteiger partial charge in [0.2, 0.25) is 0 Å². The number of benzene rings is 2. The molecule has 2 nitrogen and oxygen atoms in total. The molecule has 0 spiro atoms. The van der Waals surface area contributed by atoms with E-state index in [1.54, 1.807) is 49.6 Å². The van der Waals surface area contributed by atoms with Crippen LogP contribution in [0.5, 0.6) is 5.75 Å². The lowest BCUT2D eigenvalue weighted by Gasteiger charge is -2.13. The number of rotatable bonds is 3. The van der Waals surface area contributed by atoms with Crippen molar-refractivity contribution in [2.75, 3.05) is 7.11 Å². The van der Waals surface area contributed by atoms with Gasteiger partial charge in [0.05, 0.1) is 12.1 Å². The Morgan fingerprint density at radius 2 is 1.61 bits per heavy atom. The van der Waals surface area contributed by atoms with Crippen LogP contribution in [0.15, 0.2) is 42.5 Å². The molecule has 0 aliphatic carbocycles. The molecule has 1 atom stereocenters. The zero-order valence-electron chi connectivity index (χ0n) is 9.73. The van der Waals surface area contributed by atoms with Gasteiger partial charge in [-0.05, 0) is 35.4 Å². The van der Waals surface area contributed by atoms with Crippen LogP contribution in [-0.2, 0) is 0 Å². The van der Waals surface area contributed by atoms with Gasteiger partial charge in [-0.3, -0.25) is 0 Å². The molecule has 1 N–H and O–H groups in total. The summed E-state index contributed by atoms with van der Waals surface area (Å²) in [6, 6.07) is 12.3. The molecule has 2 aromatic carbocycles. The van der Waals surface area contributed by atoms with E-state index in [1.165, 1.54) is 0 Å². The minimum atomic E-state index is -0.728. The highest BCUT2D eigenvalue weighted by molar-refractivity contribution is 6.32. The predicted octanol–water partition coefficient (Wildman–Crippen LogP) is 4.08. The van der Waals surface area contributed by atoms with E-state index in [0.29, 0.717) is 15.8 Å². The predicted molar refractivity (Wildman–Crippen MR) is 73.5 cm³/mol. The van der Waals surface area contributed by atoms with Gasteiger partial charge in [-0.1, -0.05) is 41.4 Å². The smallest absolute Gasteiger partial charge is 0.137 e. The fourth-order valence-corrected chi connectivity index (χ4v) is 2.00. The minimum absolute atomic E-state index is 0.518. The van der Waals surface area contributed by atoms with Crippen LogP contribution in [-0.4, -0.2) is 12.2 Å². The van der Waals surface area contributed by atoms with Gasteiger partial charge in [0.25, 0.3) is 0 Å². The van der Waals surface area contributed by atoms with Crippen molar-refractivity contribution in [2.24, 2.45) is 0 Å². The molecule has 2 aromatic rings. The third-order valence-electron chi connectivity index (χ3n) is 2.68. The molecule has 0 bridgehead atoms. The highest BCUT2D eigenvalue weighted by Gasteiger charge is 2.12. The van der Waals surface area contributed by atoms with Crippen LogP contribution in [0.4, 0.5) is 0 Å².